The van der Waals surface area contributed by atoms with Crippen LogP contribution in [0.25, 0.3) is 11.1 Å². The second-order valence-corrected chi connectivity index (χ2v) is 9.66. The van der Waals surface area contributed by atoms with Crippen molar-refractivity contribution in [1.82, 2.24) is 0 Å². The van der Waals surface area contributed by atoms with Crippen LogP contribution in [0.3, 0.4) is 0 Å². The quantitative estimate of drug-likeness (QED) is 0.127. The van der Waals surface area contributed by atoms with Crippen molar-refractivity contribution in [2.45, 2.75) is 51.9 Å². The van der Waals surface area contributed by atoms with E-state index in [1.165, 1.54) is 12.1 Å². The third-order valence-corrected chi connectivity index (χ3v) is 6.39. The fraction of sp³-hybridized carbons (Fsp3) is 0.345. The summed E-state index contributed by atoms with van der Waals surface area (Å²) in [6, 6.07) is 18.1. The molecule has 0 aliphatic carbocycles. The van der Waals surface area contributed by atoms with Crippen LogP contribution in [-0.2, 0) is 22.4 Å². The van der Waals surface area contributed by atoms with Crippen LogP contribution in [0.5, 0.6) is 11.5 Å². The summed E-state index contributed by atoms with van der Waals surface area (Å²) >= 11 is 2.25. The fourth-order valence-electron chi connectivity index (χ4n) is 4.05. The maximum absolute atomic E-state index is 13.6. The highest BCUT2D eigenvalue weighted by atomic mass is 127. The lowest BCUT2D eigenvalue weighted by Crippen LogP contribution is -2.06. The Kier molecular flexibility index (Phi) is 10.8. The zero-order chi connectivity index (χ0) is 25.0. The molecule has 0 saturated carbocycles. The molecule has 3 rings (SSSR count). The van der Waals surface area contributed by atoms with Crippen molar-refractivity contribution in [1.29, 1.82) is 0 Å². The summed E-state index contributed by atoms with van der Waals surface area (Å²) < 4.78 is 25.6. The summed E-state index contributed by atoms with van der Waals surface area (Å²) in [6.07, 6.45) is 5.66. The summed E-state index contributed by atoms with van der Waals surface area (Å²) in [5.74, 6) is 0.552. The lowest BCUT2D eigenvalue weighted by Gasteiger charge is -2.12. The zero-order valence-electron chi connectivity index (χ0n) is 20.1. The van der Waals surface area contributed by atoms with E-state index in [4.69, 9.17) is 9.47 Å². The van der Waals surface area contributed by atoms with Crippen LogP contribution < -0.4 is 4.74 Å². The molecule has 0 fully saturated rings. The molecule has 0 unspecified atom stereocenters. The normalized spacial score (nSPS) is 10.8. The molecule has 0 aliphatic rings. The third-order valence-electron chi connectivity index (χ3n) is 5.77. The number of aryl methyl sites for hydroxylation is 1. The monoisotopic (exact) mass is 590 g/mol. The van der Waals surface area contributed by atoms with E-state index in [1.807, 2.05) is 36.4 Å². The largest absolute Gasteiger partial charge is 0.508 e. The van der Waals surface area contributed by atoms with Crippen LogP contribution in [0.15, 0.2) is 60.7 Å². The Labute approximate surface area is 220 Å². The first-order chi connectivity index (χ1) is 17.0. The SMILES string of the molecule is CCOC(=O)CCc1c(O)cccc1CCCCCCOc1cc(I)cc(-c2cccc(F)c2)c1. The zero-order valence-corrected chi connectivity index (χ0v) is 22.2. The van der Waals surface area contributed by atoms with E-state index in [1.54, 1.807) is 19.1 Å². The van der Waals surface area contributed by atoms with Crippen LogP contribution in [0.4, 0.5) is 4.39 Å². The lowest BCUT2D eigenvalue weighted by molar-refractivity contribution is -0.143. The van der Waals surface area contributed by atoms with Crippen LogP contribution in [0, 0.1) is 9.39 Å². The second-order valence-electron chi connectivity index (χ2n) is 8.42. The average Bonchev–Trinajstić information content (AvgIpc) is 2.83. The van der Waals surface area contributed by atoms with Gasteiger partial charge in [-0.1, -0.05) is 37.1 Å². The Morgan fingerprint density at radius 1 is 0.943 bits per heavy atom. The number of esters is 1. The number of hydrogen-bond acceptors (Lipinski definition) is 4. The highest BCUT2D eigenvalue weighted by molar-refractivity contribution is 14.1. The molecule has 0 radical (unpaired) electrons. The van der Waals surface area contributed by atoms with Crippen LogP contribution in [-0.4, -0.2) is 24.3 Å². The van der Waals surface area contributed by atoms with Crippen molar-refractivity contribution in [2.24, 2.45) is 0 Å². The van der Waals surface area contributed by atoms with E-state index in [9.17, 15) is 14.3 Å². The highest BCUT2D eigenvalue weighted by Crippen LogP contribution is 2.28. The van der Waals surface area contributed by atoms with Crippen LogP contribution in [0.1, 0.15) is 50.2 Å². The van der Waals surface area contributed by atoms with Gasteiger partial charge in [0.05, 0.1) is 13.2 Å². The number of carbonyl (C=O) groups excluding carboxylic acids is 1. The molecular formula is C29H32FIO4. The van der Waals surface area contributed by atoms with Gasteiger partial charge in [0.15, 0.2) is 0 Å². The van der Waals surface area contributed by atoms with Crippen molar-refractivity contribution >= 4 is 28.6 Å². The van der Waals surface area contributed by atoms with Crippen molar-refractivity contribution in [3.05, 3.63) is 81.2 Å². The van der Waals surface area contributed by atoms with E-state index in [0.29, 0.717) is 19.6 Å². The van der Waals surface area contributed by atoms with Crippen molar-refractivity contribution < 1.29 is 23.8 Å². The number of carbonyl (C=O) groups is 1. The van der Waals surface area contributed by atoms with Gasteiger partial charge in [-0.05, 0) is 114 Å². The topological polar surface area (TPSA) is 55.8 Å². The summed E-state index contributed by atoms with van der Waals surface area (Å²) in [6.45, 7) is 2.78. The minimum atomic E-state index is -0.249. The van der Waals surface area contributed by atoms with Crippen LogP contribution >= 0.6 is 22.6 Å². The molecule has 0 saturated heterocycles. The molecule has 1 N–H and O–H groups in total. The molecule has 0 aromatic heterocycles. The first-order valence-corrected chi connectivity index (χ1v) is 13.2. The predicted octanol–water partition coefficient (Wildman–Crippen LogP) is 7.48. The number of aromatic hydroxyl groups is 1. The summed E-state index contributed by atoms with van der Waals surface area (Å²) in [5, 5.41) is 10.3. The second kappa shape index (κ2) is 14.1. The smallest absolute Gasteiger partial charge is 0.306 e. The van der Waals surface area contributed by atoms with E-state index >= 15 is 0 Å². The van der Waals surface area contributed by atoms with Gasteiger partial charge in [-0.15, -0.1) is 0 Å². The van der Waals surface area contributed by atoms with E-state index in [0.717, 1.165) is 63.7 Å². The van der Waals surface area contributed by atoms with Crippen molar-refractivity contribution in [2.75, 3.05) is 13.2 Å². The number of hydrogen-bond donors (Lipinski definition) is 1. The minimum absolute atomic E-state index is 0.238. The molecule has 0 spiro atoms. The van der Waals surface area contributed by atoms with Gasteiger partial charge in [0.2, 0.25) is 0 Å². The number of halogens is 2. The standard InChI is InChI=1S/C29H32FIO4/c1-2-34-29(33)15-14-27-21(10-8-13-28(27)32)9-5-3-4-6-16-35-26-19-23(18-25(31)20-26)22-11-7-12-24(30)17-22/h7-8,10-13,17-20,32H,2-6,9,14-16H2,1H3. The van der Waals surface area contributed by atoms with Gasteiger partial charge in [-0.3, -0.25) is 4.79 Å². The Morgan fingerprint density at radius 2 is 1.74 bits per heavy atom. The molecule has 0 atom stereocenters. The number of unbranched alkanes of at least 4 members (excludes halogenated alkanes) is 3. The van der Waals surface area contributed by atoms with E-state index in [2.05, 4.69) is 22.6 Å². The molecule has 0 aliphatic heterocycles. The molecular weight excluding hydrogens is 558 g/mol. The molecule has 3 aromatic carbocycles. The summed E-state index contributed by atoms with van der Waals surface area (Å²) in [7, 11) is 0. The van der Waals surface area contributed by atoms with Gasteiger partial charge >= 0.3 is 5.97 Å². The Balaban J connectivity index is 1.42. The Hall–Kier alpha value is -2.61. The van der Waals surface area contributed by atoms with E-state index in [-0.39, 0.29) is 24.0 Å². The first kappa shape index (κ1) is 27.0. The fourth-order valence-corrected chi connectivity index (χ4v) is 4.69. The molecule has 35 heavy (non-hydrogen) atoms. The van der Waals surface area contributed by atoms with Crippen LogP contribution in [0.2, 0.25) is 0 Å². The molecule has 6 heteroatoms. The summed E-state index contributed by atoms with van der Waals surface area (Å²) in [5.41, 5.74) is 3.71. The Morgan fingerprint density at radius 3 is 2.54 bits per heavy atom. The maximum Gasteiger partial charge on any atom is 0.306 e. The number of benzene rings is 3. The number of ether oxygens (including phenoxy) is 2. The number of rotatable bonds is 13. The molecule has 3 aromatic rings. The van der Waals surface area contributed by atoms with E-state index < -0.39 is 0 Å². The third kappa shape index (κ3) is 8.84. The predicted molar refractivity (Wildman–Crippen MR) is 145 cm³/mol. The van der Waals surface area contributed by atoms with Gasteiger partial charge in [0.25, 0.3) is 0 Å². The van der Waals surface area contributed by atoms with Crippen molar-refractivity contribution in [3.8, 4) is 22.6 Å². The van der Waals surface area contributed by atoms with Gasteiger partial charge in [-0.25, -0.2) is 4.39 Å². The Bertz CT molecular complexity index is 1120. The molecule has 4 nitrogen and oxygen atoms in total. The van der Waals surface area contributed by atoms with Gasteiger partial charge < -0.3 is 14.6 Å². The summed E-state index contributed by atoms with van der Waals surface area (Å²) in [4.78, 5) is 11.7. The lowest BCUT2D eigenvalue weighted by atomic mass is 9.97. The maximum atomic E-state index is 13.6. The number of phenolic OH excluding ortho intramolecular Hbond substituents is 1. The number of phenols is 1. The minimum Gasteiger partial charge on any atom is -0.508 e. The first-order valence-electron chi connectivity index (χ1n) is 12.1. The average molecular weight is 590 g/mol. The van der Waals surface area contributed by atoms with Gasteiger partial charge in [0.1, 0.15) is 17.3 Å². The highest BCUT2D eigenvalue weighted by Gasteiger charge is 2.11. The molecule has 0 heterocycles. The van der Waals surface area contributed by atoms with Crippen molar-refractivity contribution in [3.63, 3.8) is 0 Å². The van der Waals surface area contributed by atoms with Gasteiger partial charge in [-0.2, -0.15) is 0 Å². The molecule has 0 bridgehead atoms. The molecule has 186 valence electrons. The van der Waals surface area contributed by atoms with Gasteiger partial charge in [0, 0.05) is 9.99 Å². The molecule has 0 amide bonds.